The monoisotopic (exact) mass is 659 g/mol. The molecule has 5 rings (SSSR count). The normalized spacial score (nSPS) is 14.3. The van der Waals surface area contributed by atoms with Crippen molar-refractivity contribution in [3.8, 4) is 0 Å². The van der Waals surface area contributed by atoms with Gasteiger partial charge in [0.25, 0.3) is 10.0 Å². The fraction of sp³-hybridized carbons (Fsp3) is 0.235. The lowest BCUT2D eigenvalue weighted by Gasteiger charge is -2.37. The van der Waals surface area contributed by atoms with Crippen molar-refractivity contribution in [2.24, 2.45) is 0 Å². The number of hydrogen-bond donors (Lipinski definition) is 3. The number of aryl methyl sites for hydroxylation is 3. The fourth-order valence-electron chi connectivity index (χ4n) is 5.51. The number of nitrogens with zero attached hydrogens (tertiary/aromatic N) is 2. The van der Waals surface area contributed by atoms with Crippen LogP contribution in [0.1, 0.15) is 35.1 Å². The average molecular weight is 660 g/mol. The number of hydrogen-bond acceptors (Lipinski definition) is 6. The molecule has 0 aliphatic carbocycles. The van der Waals surface area contributed by atoms with E-state index in [0.29, 0.717) is 46.8 Å². The number of halogens is 1. The van der Waals surface area contributed by atoms with Crippen LogP contribution in [0.3, 0.4) is 0 Å². The highest BCUT2D eigenvalue weighted by atomic mass is 35.5. The maximum atomic E-state index is 14.2. The molecule has 46 heavy (non-hydrogen) atoms. The number of anilines is 3. The quantitative estimate of drug-likeness (QED) is 0.203. The SMILES string of the molecule is Cc1cc(Cl)cc(C)c1S(=O)(=O)N1c2ccccc2NC(=O)C1CC(=O)NCCc1ccc(NC(=O)CCc2cccnc2)cc1. The molecule has 10 nitrogen and oxygen atoms in total. The lowest BCUT2D eigenvalue weighted by atomic mass is 10.1. The molecule has 0 saturated heterocycles. The van der Waals surface area contributed by atoms with Gasteiger partial charge in [0, 0.05) is 36.1 Å². The Bertz CT molecular complexity index is 1840. The van der Waals surface area contributed by atoms with Crippen molar-refractivity contribution >= 4 is 56.4 Å². The largest absolute Gasteiger partial charge is 0.356 e. The summed E-state index contributed by atoms with van der Waals surface area (Å²) in [6.45, 7) is 3.56. The van der Waals surface area contributed by atoms with Gasteiger partial charge in [0.15, 0.2) is 0 Å². The molecule has 1 atom stereocenters. The van der Waals surface area contributed by atoms with Crippen molar-refractivity contribution in [1.82, 2.24) is 10.3 Å². The highest BCUT2D eigenvalue weighted by molar-refractivity contribution is 7.93. The lowest BCUT2D eigenvalue weighted by molar-refractivity contribution is -0.125. The van der Waals surface area contributed by atoms with E-state index in [0.717, 1.165) is 15.4 Å². The van der Waals surface area contributed by atoms with Gasteiger partial charge >= 0.3 is 0 Å². The van der Waals surface area contributed by atoms with Crippen LogP contribution in [-0.2, 0) is 37.2 Å². The number of pyridine rings is 1. The molecule has 2 heterocycles. The van der Waals surface area contributed by atoms with Crippen LogP contribution in [0.15, 0.2) is 90.1 Å². The number of carbonyl (C=O) groups excluding carboxylic acids is 3. The Labute approximate surface area is 273 Å². The van der Waals surface area contributed by atoms with E-state index in [1.807, 2.05) is 24.3 Å². The van der Waals surface area contributed by atoms with Crippen molar-refractivity contribution in [3.05, 3.63) is 112 Å². The molecule has 0 spiro atoms. The second kappa shape index (κ2) is 14.1. The predicted octanol–water partition coefficient (Wildman–Crippen LogP) is 5.19. The second-order valence-corrected chi connectivity index (χ2v) is 13.3. The van der Waals surface area contributed by atoms with Gasteiger partial charge in [-0.05, 0) is 91.4 Å². The summed E-state index contributed by atoms with van der Waals surface area (Å²) in [5.74, 6) is -1.17. The average Bonchev–Trinajstić information content (AvgIpc) is 3.01. The number of nitrogens with one attached hydrogen (secondary N) is 3. The first-order chi connectivity index (χ1) is 22.0. The highest BCUT2D eigenvalue weighted by Crippen LogP contribution is 2.39. The summed E-state index contributed by atoms with van der Waals surface area (Å²) in [4.78, 5) is 42.8. The van der Waals surface area contributed by atoms with Gasteiger partial charge in [-0.15, -0.1) is 0 Å². The Morgan fingerprint density at radius 3 is 2.35 bits per heavy atom. The van der Waals surface area contributed by atoms with Crippen LogP contribution in [0, 0.1) is 13.8 Å². The topological polar surface area (TPSA) is 138 Å². The molecular weight excluding hydrogens is 626 g/mol. The molecule has 4 aromatic rings. The molecule has 0 saturated carbocycles. The number of sulfonamides is 1. The van der Waals surface area contributed by atoms with Crippen LogP contribution in [-0.4, -0.2) is 43.7 Å². The molecule has 0 radical (unpaired) electrons. The molecule has 12 heteroatoms. The highest BCUT2D eigenvalue weighted by Gasteiger charge is 2.43. The summed E-state index contributed by atoms with van der Waals surface area (Å²) in [6, 6.07) is 19.5. The first-order valence-corrected chi connectivity index (χ1v) is 16.6. The van der Waals surface area contributed by atoms with Gasteiger partial charge in [-0.2, -0.15) is 0 Å². The van der Waals surface area contributed by atoms with Gasteiger partial charge in [0.05, 0.1) is 22.7 Å². The summed E-state index contributed by atoms with van der Waals surface area (Å²) in [7, 11) is -4.27. The van der Waals surface area contributed by atoms with Crippen LogP contribution < -0.4 is 20.3 Å². The van der Waals surface area contributed by atoms with Gasteiger partial charge in [-0.3, -0.25) is 23.7 Å². The van der Waals surface area contributed by atoms with E-state index in [4.69, 9.17) is 11.6 Å². The zero-order valence-corrected chi connectivity index (χ0v) is 27.0. The zero-order chi connectivity index (χ0) is 32.8. The number of aromatic nitrogens is 1. The van der Waals surface area contributed by atoms with E-state index < -0.39 is 27.9 Å². The smallest absolute Gasteiger partial charge is 0.265 e. The Morgan fingerprint density at radius 2 is 1.65 bits per heavy atom. The van der Waals surface area contributed by atoms with E-state index >= 15 is 0 Å². The first kappa shape index (κ1) is 32.6. The van der Waals surface area contributed by atoms with Gasteiger partial charge in [-0.25, -0.2) is 8.42 Å². The van der Waals surface area contributed by atoms with E-state index in [2.05, 4.69) is 20.9 Å². The fourth-order valence-corrected chi connectivity index (χ4v) is 7.89. The van der Waals surface area contributed by atoms with Gasteiger partial charge in [0.1, 0.15) is 6.04 Å². The van der Waals surface area contributed by atoms with Gasteiger partial charge < -0.3 is 16.0 Å². The van der Waals surface area contributed by atoms with Crippen LogP contribution in [0.2, 0.25) is 5.02 Å². The van der Waals surface area contributed by atoms with E-state index in [1.165, 1.54) is 0 Å². The van der Waals surface area contributed by atoms with Crippen molar-refractivity contribution in [2.45, 2.75) is 50.5 Å². The van der Waals surface area contributed by atoms with Crippen molar-refractivity contribution in [1.29, 1.82) is 0 Å². The van der Waals surface area contributed by atoms with E-state index in [9.17, 15) is 22.8 Å². The van der Waals surface area contributed by atoms with Crippen molar-refractivity contribution in [2.75, 3.05) is 21.5 Å². The molecule has 1 aliphatic rings. The van der Waals surface area contributed by atoms with Gasteiger partial charge in [0.2, 0.25) is 17.7 Å². The molecule has 3 N–H and O–H groups in total. The van der Waals surface area contributed by atoms with E-state index in [-0.39, 0.29) is 29.5 Å². The third kappa shape index (κ3) is 7.55. The van der Waals surface area contributed by atoms with Crippen molar-refractivity contribution in [3.63, 3.8) is 0 Å². The maximum Gasteiger partial charge on any atom is 0.265 e. The Kier molecular flexibility index (Phi) is 10.0. The number of rotatable bonds is 11. The molecule has 1 aromatic heterocycles. The number of fused-ring (bicyclic) bond motifs is 1. The van der Waals surface area contributed by atoms with Crippen LogP contribution in [0.25, 0.3) is 0 Å². The molecule has 1 aliphatic heterocycles. The summed E-state index contributed by atoms with van der Waals surface area (Å²) in [5, 5.41) is 8.84. The summed E-state index contributed by atoms with van der Waals surface area (Å²) < 4.78 is 29.4. The van der Waals surface area contributed by atoms with Gasteiger partial charge in [-0.1, -0.05) is 41.9 Å². The minimum absolute atomic E-state index is 0.0416. The second-order valence-electron chi connectivity index (χ2n) is 11.1. The van der Waals surface area contributed by atoms with Crippen LogP contribution in [0.5, 0.6) is 0 Å². The standard InChI is InChI=1S/C34H34ClN5O5S/c1-22-18-26(35)19-23(2)33(22)46(44,45)40-29-8-4-3-7-28(29)39-34(43)30(40)20-32(42)37-17-15-24-9-12-27(13-10-24)38-31(41)14-11-25-6-5-16-36-21-25/h3-10,12-13,16,18-19,21,30H,11,14-15,17,20H2,1-2H3,(H,37,42)(H,38,41)(H,39,43). The predicted molar refractivity (Wildman–Crippen MR) is 178 cm³/mol. The van der Waals surface area contributed by atoms with E-state index in [1.54, 1.807) is 74.8 Å². The zero-order valence-electron chi connectivity index (χ0n) is 25.4. The summed E-state index contributed by atoms with van der Waals surface area (Å²) >= 11 is 6.17. The minimum atomic E-state index is -4.27. The third-order valence-corrected chi connectivity index (χ3v) is 9.99. The molecule has 238 valence electrons. The maximum absolute atomic E-state index is 14.2. The molecule has 3 amide bonds. The minimum Gasteiger partial charge on any atom is -0.356 e. The Hall–Kier alpha value is -4.74. The number of benzene rings is 3. The summed E-state index contributed by atoms with van der Waals surface area (Å²) in [6.07, 6.45) is 4.47. The third-order valence-electron chi connectivity index (χ3n) is 7.64. The van der Waals surface area contributed by atoms with Crippen LogP contribution >= 0.6 is 11.6 Å². The van der Waals surface area contributed by atoms with Crippen LogP contribution in [0.4, 0.5) is 17.1 Å². The molecule has 0 bridgehead atoms. The van der Waals surface area contributed by atoms with Crippen molar-refractivity contribution < 1.29 is 22.8 Å². The molecule has 3 aromatic carbocycles. The first-order valence-electron chi connectivity index (χ1n) is 14.8. The Morgan fingerprint density at radius 1 is 0.935 bits per heavy atom. The Balaban J connectivity index is 1.22. The molecule has 0 fully saturated rings. The summed E-state index contributed by atoms with van der Waals surface area (Å²) in [5.41, 5.74) is 4.07. The lowest BCUT2D eigenvalue weighted by Crippen LogP contribution is -2.53. The molecular formula is C34H34ClN5O5S. The number of amides is 3. The molecule has 1 unspecified atom stereocenters. The number of carbonyl (C=O) groups is 3. The number of para-hydroxylation sites is 2.